The summed E-state index contributed by atoms with van der Waals surface area (Å²) in [6.45, 7) is 4.89. The fourth-order valence-electron chi connectivity index (χ4n) is 7.61. The first-order valence-electron chi connectivity index (χ1n) is 25.7. The zero-order valence-corrected chi connectivity index (χ0v) is 41.4. The minimum absolute atomic E-state index is 0.0758. The van der Waals surface area contributed by atoms with Gasteiger partial charge in [-0.05, 0) is 44.9 Å². The molecule has 356 valence electrons. The van der Waals surface area contributed by atoms with Gasteiger partial charge in [0, 0.05) is 6.42 Å². The number of hydrogen-bond donors (Lipinski definition) is 3. The monoisotopic (exact) mass is 870 g/mol. The first kappa shape index (κ1) is 59.0. The summed E-state index contributed by atoms with van der Waals surface area (Å²) in [4.78, 5) is 23.2. The second kappa shape index (κ2) is 43.2. The Bertz CT molecular complexity index is 1030. The Kier molecular flexibility index (Phi) is 42.5. The number of allylic oxidation sites excluding steroid dienone is 4. The van der Waals surface area contributed by atoms with E-state index in [1.165, 1.54) is 173 Å². The van der Waals surface area contributed by atoms with Crippen LogP contribution in [-0.2, 0) is 18.4 Å². The highest BCUT2D eigenvalue weighted by Gasteiger charge is 2.28. The van der Waals surface area contributed by atoms with Crippen LogP contribution < -0.4 is 5.32 Å². The molecule has 0 aromatic heterocycles. The van der Waals surface area contributed by atoms with Crippen LogP contribution in [0.3, 0.4) is 0 Å². The van der Waals surface area contributed by atoms with E-state index in [9.17, 15) is 19.4 Å². The SMILES string of the molecule is CCCCCCC/C=C\C/C=C\CCCCCCCCCCCCCCCC(=O)NC(COP(=O)(O)OCC[N+](C)(C)C)C(O)CCCCCCCCCCCCCCC. The number of hydrogen-bond acceptors (Lipinski definition) is 5. The van der Waals surface area contributed by atoms with Gasteiger partial charge >= 0.3 is 7.82 Å². The van der Waals surface area contributed by atoms with Crippen molar-refractivity contribution in [1.82, 2.24) is 5.32 Å². The molecule has 0 radical (unpaired) electrons. The lowest BCUT2D eigenvalue weighted by molar-refractivity contribution is -0.870. The van der Waals surface area contributed by atoms with E-state index >= 15 is 0 Å². The number of phosphoric acid groups is 1. The van der Waals surface area contributed by atoms with Crippen molar-refractivity contribution in [2.75, 3.05) is 40.9 Å². The summed E-state index contributed by atoms with van der Waals surface area (Å²) in [6, 6.07) is -0.758. The minimum Gasteiger partial charge on any atom is -0.391 e. The fourth-order valence-corrected chi connectivity index (χ4v) is 8.34. The lowest BCUT2D eigenvalue weighted by atomic mass is 10.0. The predicted molar refractivity (Wildman–Crippen MR) is 258 cm³/mol. The molecule has 3 atom stereocenters. The van der Waals surface area contributed by atoms with Crippen molar-refractivity contribution in [3.05, 3.63) is 24.3 Å². The van der Waals surface area contributed by atoms with Crippen LogP contribution in [0.5, 0.6) is 0 Å². The van der Waals surface area contributed by atoms with E-state index in [1.807, 2.05) is 21.1 Å². The Labute approximate surface area is 373 Å². The van der Waals surface area contributed by atoms with Crippen molar-refractivity contribution in [3.8, 4) is 0 Å². The van der Waals surface area contributed by atoms with Gasteiger partial charge in [-0.3, -0.25) is 13.8 Å². The molecule has 0 spiro atoms. The fraction of sp³-hybridized carbons (Fsp3) is 0.902. The number of unbranched alkanes of at least 4 members (excludes halogenated alkanes) is 30. The average Bonchev–Trinajstić information content (AvgIpc) is 3.20. The average molecular weight is 870 g/mol. The number of quaternary nitrogens is 1. The molecule has 8 nitrogen and oxygen atoms in total. The zero-order chi connectivity index (χ0) is 44.3. The molecule has 0 aromatic rings. The van der Waals surface area contributed by atoms with Gasteiger partial charge in [0.25, 0.3) is 0 Å². The second-order valence-electron chi connectivity index (χ2n) is 18.9. The molecule has 0 saturated heterocycles. The Morgan fingerprint density at radius 2 is 0.950 bits per heavy atom. The minimum atomic E-state index is -4.31. The van der Waals surface area contributed by atoms with Gasteiger partial charge in [-0.1, -0.05) is 218 Å². The molecule has 0 aromatic carbocycles. The Morgan fingerprint density at radius 1 is 0.567 bits per heavy atom. The molecule has 9 heteroatoms. The third-order valence-electron chi connectivity index (χ3n) is 11.7. The van der Waals surface area contributed by atoms with Gasteiger partial charge in [-0.2, -0.15) is 0 Å². The molecular formula is C51H102N2O6P+. The van der Waals surface area contributed by atoms with E-state index in [4.69, 9.17) is 9.05 Å². The summed E-state index contributed by atoms with van der Waals surface area (Å²) in [5, 5.41) is 14.0. The van der Waals surface area contributed by atoms with E-state index in [0.29, 0.717) is 23.9 Å². The molecule has 0 aliphatic heterocycles. The van der Waals surface area contributed by atoms with Crippen LogP contribution in [0.1, 0.15) is 245 Å². The molecule has 1 amide bonds. The highest BCUT2D eigenvalue weighted by Crippen LogP contribution is 2.43. The maximum absolute atomic E-state index is 12.9. The molecule has 0 fully saturated rings. The summed E-state index contributed by atoms with van der Waals surface area (Å²) in [6.07, 6.45) is 52.1. The highest BCUT2D eigenvalue weighted by molar-refractivity contribution is 7.47. The predicted octanol–water partition coefficient (Wildman–Crippen LogP) is 14.9. The van der Waals surface area contributed by atoms with E-state index < -0.39 is 20.0 Å². The number of nitrogens with one attached hydrogen (secondary N) is 1. The number of aliphatic hydroxyl groups excluding tert-OH is 1. The normalized spacial score (nSPS) is 14.3. The smallest absolute Gasteiger partial charge is 0.391 e. The lowest BCUT2D eigenvalue weighted by Gasteiger charge is -2.26. The van der Waals surface area contributed by atoms with Gasteiger partial charge in [0.05, 0.1) is 39.9 Å². The van der Waals surface area contributed by atoms with E-state index in [-0.39, 0.29) is 19.1 Å². The highest BCUT2D eigenvalue weighted by atomic mass is 31.2. The van der Waals surface area contributed by atoms with Crippen LogP contribution >= 0.6 is 7.82 Å². The standard InChI is InChI=1S/C51H101N2O6P/c1-6-8-10-12-14-16-18-20-21-22-23-24-25-26-27-28-29-30-31-33-35-37-39-41-43-45-51(55)52-49(48-59-60(56,57)58-47-46-53(3,4)5)50(54)44-42-40-38-36-34-32-19-17-15-13-11-9-7-2/h18,20,22-23,49-50,54H,6-17,19,21,24-48H2,1-5H3,(H-,52,55,56,57)/p+1/b20-18-,23-22-. The van der Waals surface area contributed by atoms with Gasteiger partial charge in [-0.15, -0.1) is 0 Å². The number of rotatable bonds is 47. The maximum atomic E-state index is 12.9. The Balaban J connectivity index is 4.16. The van der Waals surface area contributed by atoms with Crippen molar-refractivity contribution < 1.29 is 32.9 Å². The second-order valence-corrected chi connectivity index (χ2v) is 20.4. The van der Waals surface area contributed by atoms with Gasteiger partial charge in [0.2, 0.25) is 5.91 Å². The van der Waals surface area contributed by atoms with Gasteiger partial charge in [0.15, 0.2) is 0 Å². The van der Waals surface area contributed by atoms with Gasteiger partial charge in [0.1, 0.15) is 13.2 Å². The largest absolute Gasteiger partial charge is 0.472 e. The molecule has 0 bridgehead atoms. The third-order valence-corrected chi connectivity index (χ3v) is 12.7. The van der Waals surface area contributed by atoms with Crippen molar-refractivity contribution in [1.29, 1.82) is 0 Å². The molecule has 0 heterocycles. The number of nitrogens with zero attached hydrogens (tertiary/aromatic N) is 1. The summed E-state index contributed by atoms with van der Waals surface area (Å²) >= 11 is 0. The van der Waals surface area contributed by atoms with Crippen molar-refractivity contribution >= 4 is 13.7 Å². The Hall–Kier alpha value is -1.02. The van der Waals surface area contributed by atoms with E-state index in [2.05, 4.69) is 43.5 Å². The van der Waals surface area contributed by atoms with Crippen molar-refractivity contribution in [3.63, 3.8) is 0 Å². The van der Waals surface area contributed by atoms with Crippen LogP contribution in [0.25, 0.3) is 0 Å². The number of phosphoric ester groups is 1. The molecule has 0 saturated carbocycles. The molecule has 0 aliphatic rings. The van der Waals surface area contributed by atoms with E-state index in [0.717, 1.165) is 44.9 Å². The number of amides is 1. The number of carbonyl (C=O) groups is 1. The lowest BCUT2D eigenvalue weighted by Crippen LogP contribution is -2.46. The molecule has 0 aliphatic carbocycles. The molecule has 3 N–H and O–H groups in total. The first-order valence-corrected chi connectivity index (χ1v) is 27.2. The zero-order valence-electron chi connectivity index (χ0n) is 40.5. The maximum Gasteiger partial charge on any atom is 0.472 e. The number of aliphatic hydroxyl groups is 1. The van der Waals surface area contributed by atoms with Crippen molar-refractivity contribution in [2.45, 2.75) is 257 Å². The molecular weight excluding hydrogens is 768 g/mol. The van der Waals surface area contributed by atoms with Crippen LogP contribution in [0.4, 0.5) is 0 Å². The van der Waals surface area contributed by atoms with E-state index in [1.54, 1.807) is 0 Å². The van der Waals surface area contributed by atoms with Crippen LogP contribution in [0.15, 0.2) is 24.3 Å². The summed E-state index contributed by atoms with van der Waals surface area (Å²) in [5.41, 5.74) is 0. The van der Waals surface area contributed by atoms with Gasteiger partial charge < -0.3 is 19.8 Å². The van der Waals surface area contributed by atoms with Crippen LogP contribution in [-0.4, -0.2) is 73.4 Å². The molecule has 0 rings (SSSR count). The van der Waals surface area contributed by atoms with Crippen LogP contribution in [0, 0.1) is 0 Å². The third kappa shape index (κ3) is 45.0. The number of carbonyl (C=O) groups excluding carboxylic acids is 1. The quantitative estimate of drug-likeness (QED) is 0.0243. The van der Waals surface area contributed by atoms with Gasteiger partial charge in [-0.25, -0.2) is 4.57 Å². The Morgan fingerprint density at radius 3 is 1.37 bits per heavy atom. The number of likely N-dealkylation sites (N-methyl/N-ethyl adjacent to an activating group) is 1. The summed E-state index contributed by atoms with van der Waals surface area (Å²) in [7, 11) is 1.62. The van der Waals surface area contributed by atoms with Crippen LogP contribution in [0.2, 0.25) is 0 Å². The van der Waals surface area contributed by atoms with Crippen molar-refractivity contribution in [2.24, 2.45) is 0 Å². The molecule has 3 unspecified atom stereocenters. The molecule has 60 heavy (non-hydrogen) atoms. The summed E-state index contributed by atoms with van der Waals surface area (Å²) < 4.78 is 23.7. The topological polar surface area (TPSA) is 105 Å². The first-order chi connectivity index (χ1) is 29.0. The summed E-state index contributed by atoms with van der Waals surface area (Å²) in [5.74, 6) is -0.144.